The molecule has 1 atom stereocenters. The maximum absolute atomic E-state index is 3.37. The standard InChI is InChI=1S/C11H15NS/c1-8-4-3-5-9-10(8)6-13-7-11(9)12-2/h3-5,11-12H,6-7H2,1-2H3. The smallest absolute Gasteiger partial charge is 0.0412 e. The molecule has 1 heterocycles. The second-order valence-corrected chi connectivity index (χ2v) is 4.53. The number of thioether (sulfide) groups is 1. The normalized spacial score (nSPS) is 21.2. The van der Waals surface area contributed by atoms with E-state index in [1.54, 1.807) is 0 Å². The van der Waals surface area contributed by atoms with Gasteiger partial charge in [0.1, 0.15) is 0 Å². The Balaban J connectivity index is 2.45. The van der Waals surface area contributed by atoms with E-state index in [4.69, 9.17) is 0 Å². The van der Waals surface area contributed by atoms with Gasteiger partial charge in [-0.3, -0.25) is 0 Å². The van der Waals surface area contributed by atoms with Gasteiger partial charge in [-0.05, 0) is 30.7 Å². The molecule has 0 aliphatic carbocycles. The zero-order valence-electron chi connectivity index (χ0n) is 8.13. The zero-order valence-corrected chi connectivity index (χ0v) is 8.95. The first kappa shape index (κ1) is 9.10. The van der Waals surface area contributed by atoms with Gasteiger partial charge in [-0.15, -0.1) is 0 Å². The fourth-order valence-electron chi connectivity index (χ4n) is 1.86. The molecular formula is C11H15NS. The number of fused-ring (bicyclic) bond motifs is 1. The maximum atomic E-state index is 3.37. The molecule has 0 radical (unpaired) electrons. The first-order chi connectivity index (χ1) is 6.33. The average molecular weight is 193 g/mol. The minimum atomic E-state index is 0.550. The molecule has 1 aliphatic rings. The van der Waals surface area contributed by atoms with Crippen LogP contribution in [0, 0.1) is 6.92 Å². The predicted octanol–water partition coefficient (Wildman–Crippen LogP) is 2.50. The van der Waals surface area contributed by atoms with E-state index in [0.717, 1.165) is 0 Å². The highest BCUT2D eigenvalue weighted by Crippen LogP contribution is 2.32. The minimum absolute atomic E-state index is 0.550. The summed E-state index contributed by atoms with van der Waals surface area (Å²) in [5.74, 6) is 2.38. The average Bonchev–Trinajstić information content (AvgIpc) is 2.18. The van der Waals surface area contributed by atoms with E-state index in [9.17, 15) is 0 Å². The Hall–Kier alpha value is -0.470. The van der Waals surface area contributed by atoms with Crippen LogP contribution in [0.1, 0.15) is 22.7 Å². The van der Waals surface area contributed by atoms with Gasteiger partial charge in [-0.25, -0.2) is 0 Å². The van der Waals surface area contributed by atoms with Crippen molar-refractivity contribution in [1.82, 2.24) is 5.32 Å². The van der Waals surface area contributed by atoms with Gasteiger partial charge >= 0.3 is 0 Å². The molecule has 1 aliphatic heterocycles. The fourth-order valence-corrected chi connectivity index (χ4v) is 3.15. The van der Waals surface area contributed by atoms with Gasteiger partial charge in [0, 0.05) is 17.5 Å². The lowest BCUT2D eigenvalue weighted by molar-refractivity contribution is 0.650. The Morgan fingerprint density at radius 1 is 1.46 bits per heavy atom. The van der Waals surface area contributed by atoms with Gasteiger partial charge in [-0.2, -0.15) is 11.8 Å². The Kier molecular flexibility index (Phi) is 2.61. The van der Waals surface area contributed by atoms with Crippen molar-refractivity contribution in [1.29, 1.82) is 0 Å². The quantitative estimate of drug-likeness (QED) is 0.735. The van der Waals surface area contributed by atoms with Gasteiger partial charge in [-0.1, -0.05) is 18.2 Å². The summed E-state index contributed by atoms with van der Waals surface area (Å²) in [6.07, 6.45) is 0. The molecular weight excluding hydrogens is 178 g/mol. The van der Waals surface area contributed by atoms with Crippen LogP contribution in [0.2, 0.25) is 0 Å². The molecule has 2 rings (SSSR count). The SMILES string of the molecule is CNC1CSCc2c(C)cccc21. The van der Waals surface area contributed by atoms with Gasteiger partial charge < -0.3 is 5.32 Å². The van der Waals surface area contributed by atoms with E-state index in [-0.39, 0.29) is 0 Å². The highest BCUT2D eigenvalue weighted by atomic mass is 32.2. The summed E-state index contributed by atoms with van der Waals surface area (Å²) in [4.78, 5) is 0. The topological polar surface area (TPSA) is 12.0 Å². The molecule has 70 valence electrons. The van der Waals surface area contributed by atoms with Gasteiger partial charge in [0.2, 0.25) is 0 Å². The van der Waals surface area contributed by atoms with E-state index in [1.807, 2.05) is 18.8 Å². The highest BCUT2D eigenvalue weighted by Gasteiger charge is 2.19. The monoisotopic (exact) mass is 193 g/mol. The van der Waals surface area contributed by atoms with Crippen LogP contribution in [-0.4, -0.2) is 12.8 Å². The van der Waals surface area contributed by atoms with Crippen LogP contribution in [-0.2, 0) is 5.75 Å². The van der Waals surface area contributed by atoms with Crippen molar-refractivity contribution in [2.45, 2.75) is 18.7 Å². The fraction of sp³-hybridized carbons (Fsp3) is 0.455. The first-order valence-electron chi connectivity index (χ1n) is 4.66. The number of nitrogens with one attached hydrogen (secondary N) is 1. The summed E-state index contributed by atoms with van der Waals surface area (Å²) >= 11 is 2.02. The van der Waals surface area contributed by atoms with Crippen LogP contribution in [0.25, 0.3) is 0 Å². The van der Waals surface area contributed by atoms with E-state index >= 15 is 0 Å². The Bertz CT molecular complexity index is 309. The molecule has 0 aromatic heterocycles. The second kappa shape index (κ2) is 3.72. The highest BCUT2D eigenvalue weighted by molar-refractivity contribution is 7.98. The second-order valence-electron chi connectivity index (χ2n) is 3.50. The third kappa shape index (κ3) is 1.61. The van der Waals surface area contributed by atoms with Gasteiger partial charge in [0.15, 0.2) is 0 Å². The van der Waals surface area contributed by atoms with Crippen molar-refractivity contribution in [2.24, 2.45) is 0 Å². The molecule has 0 bridgehead atoms. The van der Waals surface area contributed by atoms with E-state index in [0.29, 0.717) is 6.04 Å². The van der Waals surface area contributed by atoms with E-state index in [2.05, 4.69) is 30.4 Å². The van der Waals surface area contributed by atoms with Crippen LogP contribution < -0.4 is 5.32 Å². The van der Waals surface area contributed by atoms with E-state index < -0.39 is 0 Å². The summed E-state index contributed by atoms with van der Waals surface area (Å²) in [6, 6.07) is 7.17. The largest absolute Gasteiger partial charge is 0.312 e. The van der Waals surface area contributed by atoms with Crippen molar-refractivity contribution < 1.29 is 0 Å². The molecule has 1 nitrogen and oxygen atoms in total. The molecule has 13 heavy (non-hydrogen) atoms. The number of hydrogen-bond donors (Lipinski definition) is 1. The Morgan fingerprint density at radius 3 is 3.08 bits per heavy atom. The lowest BCUT2D eigenvalue weighted by atomic mass is 9.98. The molecule has 2 heteroatoms. The van der Waals surface area contributed by atoms with Crippen LogP contribution in [0.15, 0.2) is 18.2 Å². The van der Waals surface area contributed by atoms with Crippen LogP contribution >= 0.6 is 11.8 Å². The first-order valence-corrected chi connectivity index (χ1v) is 5.82. The predicted molar refractivity (Wildman–Crippen MR) is 59.1 cm³/mol. The summed E-state index contributed by atoms with van der Waals surface area (Å²) < 4.78 is 0. The van der Waals surface area contributed by atoms with Crippen LogP contribution in [0.4, 0.5) is 0 Å². The molecule has 1 unspecified atom stereocenters. The summed E-state index contributed by atoms with van der Waals surface area (Å²) in [5.41, 5.74) is 4.48. The summed E-state index contributed by atoms with van der Waals surface area (Å²) in [7, 11) is 2.04. The number of benzene rings is 1. The minimum Gasteiger partial charge on any atom is -0.312 e. The van der Waals surface area contributed by atoms with Crippen molar-refractivity contribution in [3.05, 3.63) is 34.9 Å². The Labute approximate surface area is 83.9 Å². The molecule has 1 aromatic rings. The number of hydrogen-bond acceptors (Lipinski definition) is 2. The lowest BCUT2D eigenvalue weighted by Gasteiger charge is -2.25. The zero-order chi connectivity index (χ0) is 9.26. The van der Waals surface area contributed by atoms with Crippen molar-refractivity contribution >= 4 is 11.8 Å². The van der Waals surface area contributed by atoms with Gasteiger partial charge in [0.05, 0.1) is 0 Å². The lowest BCUT2D eigenvalue weighted by Crippen LogP contribution is -2.23. The van der Waals surface area contributed by atoms with Crippen molar-refractivity contribution in [3.63, 3.8) is 0 Å². The van der Waals surface area contributed by atoms with Crippen molar-refractivity contribution in [3.8, 4) is 0 Å². The maximum Gasteiger partial charge on any atom is 0.0412 e. The van der Waals surface area contributed by atoms with Gasteiger partial charge in [0.25, 0.3) is 0 Å². The molecule has 0 fully saturated rings. The van der Waals surface area contributed by atoms with Crippen molar-refractivity contribution in [2.75, 3.05) is 12.8 Å². The molecule has 1 N–H and O–H groups in total. The molecule has 1 aromatic carbocycles. The molecule has 0 amide bonds. The Morgan fingerprint density at radius 2 is 2.31 bits per heavy atom. The number of rotatable bonds is 1. The molecule has 0 saturated carbocycles. The third-order valence-corrected chi connectivity index (χ3v) is 3.76. The molecule has 0 saturated heterocycles. The molecule has 0 spiro atoms. The third-order valence-electron chi connectivity index (χ3n) is 2.70. The van der Waals surface area contributed by atoms with Crippen LogP contribution in [0.5, 0.6) is 0 Å². The van der Waals surface area contributed by atoms with Crippen LogP contribution in [0.3, 0.4) is 0 Å². The summed E-state index contributed by atoms with van der Waals surface area (Å²) in [6.45, 7) is 2.21. The number of aryl methyl sites for hydroxylation is 1. The summed E-state index contributed by atoms with van der Waals surface area (Å²) in [5, 5.41) is 3.37. The van der Waals surface area contributed by atoms with E-state index in [1.165, 1.54) is 28.2 Å².